The minimum atomic E-state index is -3.42. The van der Waals surface area contributed by atoms with Crippen molar-refractivity contribution in [2.75, 3.05) is 12.3 Å². The molecule has 4 nitrogen and oxygen atoms in total. The number of nitrogens with one attached hydrogen (secondary N) is 3. The van der Waals surface area contributed by atoms with Gasteiger partial charge in [-0.1, -0.05) is 25.1 Å². The largest absolute Gasteiger partial charge is 0.306 e. The molecule has 158 valence electrons. The molecule has 0 radical (unpaired) electrons. The third kappa shape index (κ3) is 4.76. The molecule has 1 saturated heterocycles. The molecule has 1 unspecified atom stereocenters. The highest BCUT2D eigenvalue weighted by atomic mass is 32.2. The van der Waals surface area contributed by atoms with E-state index in [1.54, 1.807) is 0 Å². The molecular weight excluding hydrogens is 413 g/mol. The monoisotopic (exact) mass is 433 g/mol. The summed E-state index contributed by atoms with van der Waals surface area (Å²) >= 11 is 0. The fourth-order valence-electron chi connectivity index (χ4n) is 3.34. The van der Waals surface area contributed by atoms with Gasteiger partial charge in [0.25, 0.3) is 5.92 Å². The van der Waals surface area contributed by atoms with Crippen molar-refractivity contribution in [1.29, 1.82) is 4.78 Å². The number of alkyl halides is 2. The Labute approximate surface area is 165 Å². The number of benzene rings is 2. The van der Waals surface area contributed by atoms with E-state index in [4.69, 9.17) is 4.78 Å². The van der Waals surface area contributed by atoms with E-state index in [2.05, 4.69) is 10.0 Å². The summed E-state index contributed by atoms with van der Waals surface area (Å²) in [7, 11) is -3.42. The summed E-state index contributed by atoms with van der Waals surface area (Å²) in [6.07, 6.45) is -0.191. The molecule has 3 rings (SSSR count). The van der Waals surface area contributed by atoms with Gasteiger partial charge in [0.05, 0.1) is 6.54 Å². The maximum Gasteiger partial charge on any atom is 0.277 e. The molecule has 2 aromatic carbocycles. The zero-order chi connectivity index (χ0) is 21.4. The van der Waals surface area contributed by atoms with Crippen LogP contribution in [0.15, 0.2) is 36.4 Å². The zero-order valence-corrected chi connectivity index (χ0v) is 16.3. The first-order valence-electron chi connectivity index (χ1n) is 8.91. The topological polar surface area (TPSA) is 65.0 Å². The van der Waals surface area contributed by atoms with E-state index in [0.29, 0.717) is 6.07 Å². The second kappa shape index (κ2) is 8.00. The predicted molar refractivity (Wildman–Crippen MR) is 101 cm³/mol. The van der Waals surface area contributed by atoms with Crippen molar-refractivity contribution in [2.45, 2.75) is 31.4 Å². The van der Waals surface area contributed by atoms with Gasteiger partial charge >= 0.3 is 0 Å². The van der Waals surface area contributed by atoms with Gasteiger partial charge in [-0.2, -0.15) is 0 Å². The van der Waals surface area contributed by atoms with Crippen LogP contribution >= 0.6 is 0 Å². The van der Waals surface area contributed by atoms with Crippen LogP contribution in [0, 0.1) is 22.2 Å². The molecule has 0 aliphatic carbocycles. The van der Waals surface area contributed by atoms with Crippen LogP contribution in [0.25, 0.3) is 11.1 Å². The van der Waals surface area contributed by atoms with E-state index in [1.165, 1.54) is 25.1 Å². The fraction of sp³-hybridized carbons (Fsp3) is 0.368. The Balaban J connectivity index is 1.92. The molecule has 2 aromatic rings. The van der Waals surface area contributed by atoms with Crippen LogP contribution in [-0.4, -0.2) is 34.5 Å². The van der Waals surface area contributed by atoms with Crippen molar-refractivity contribution in [3.8, 4) is 11.1 Å². The molecular formula is C19H20F5N3OS. The van der Waals surface area contributed by atoms with Crippen molar-refractivity contribution in [1.82, 2.24) is 10.0 Å². The zero-order valence-electron chi connectivity index (χ0n) is 15.4. The second-order valence-corrected chi connectivity index (χ2v) is 9.11. The minimum absolute atomic E-state index is 0.0126. The van der Waals surface area contributed by atoms with Crippen LogP contribution < -0.4 is 10.0 Å². The Bertz CT molecular complexity index is 993. The molecule has 0 spiro atoms. The van der Waals surface area contributed by atoms with E-state index in [1.807, 2.05) is 0 Å². The summed E-state index contributed by atoms with van der Waals surface area (Å²) in [5.74, 6) is -5.94. The van der Waals surface area contributed by atoms with Gasteiger partial charge in [-0.15, -0.1) is 0 Å². The van der Waals surface area contributed by atoms with Gasteiger partial charge in [0.1, 0.15) is 33.4 Å². The number of rotatable bonds is 6. The SMILES string of the molecule is CCS(=N)(=O)N[C@@H]1[C@H](Cc2cccc(-c3cc(F)cc(F)c3)c2F)NCC1(F)F. The lowest BCUT2D eigenvalue weighted by molar-refractivity contribution is -0.000626. The van der Waals surface area contributed by atoms with Crippen LogP contribution in [0.2, 0.25) is 0 Å². The van der Waals surface area contributed by atoms with Crippen molar-refractivity contribution in [3.05, 3.63) is 59.4 Å². The van der Waals surface area contributed by atoms with Gasteiger partial charge in [0.2, 0.25) is 0 Å². The number of hydrogen-bond acceptors (Lipinski definition) is 3. The highest BCUT2D eigenvalue weighted by molar-refractivity contribution is 7.90. The van der Waals surface area contributed by atoms with E-state index >= 15 is 4.39 Å². The molecule has 1 heterocycles. The highest BCUT2D eigenvalue weighted by Crippen LogP contribution is 2.31. The average Bonchev–Trinajstić information content (AvgIpc) is 2.90. The summed E-state index contributed by atoms with van der Waals surface area (Å²) in [4.78, 5) is 0. The maximum atomic E-state index is 15.0. The Morgan fingerprint density at radius 1 is 1.21 bits per heavy atom. The van der Waals surface area contributed by atoms with Crippen molar-refractivity contribution < 1.29 is 26.2 Å². The maximum absolute atomic E-state index is 15.0. The number of hydrogen-bond donors (Lipinski definition) is 3. The van der Waals surface area contributed by atoms with Crippen molar-refractivity contribution in [2.24, 2.45) is 0 Å². The van der Waals surface area contributed by atoms with E-state index in [0.717, 1.165) is 12.1 Å². The van der Waals surface area contributed by atoms with Crippen LogP contribution in [0.1, 0.15) is 12.5 Å². The Kier molecular flexibility index (Phi) is 5.98. The number of halogens is 5. The van der Waals surface area contributed by atoms with Crippen LogP contribution in [0.5, 0.6) is 0 Å². The molecule has 1 fully saturated rings. The first-order chi connectivity index (χ1) is 13.5. The summed E-state index contributed by atoms with van der Waals surface area (Å²) in [5, 5.41) is 2.59. The molecule has 3 atom stereocenters. The molecule has 1 aliphatic heterocycles. The summed E-state index contributed by atoms with van der Waals surface area (Å²) in [6, 6.07) is 4.21. The predicted octanol–water partition coefficient (Wildman–Crippen LogP) is 3.86. The molecule has 29 heavy (non-hydrogen) atoms. The third-order valence-electron chi connectivity index (χ3n) is 4.87. The van der Waals surface area contributed by atoms with Crippen LogP contribution in [0.3, 0.4) is 0 Å². The Morgan fingerprint density at radius 3 is 2.48 bits per heavy atom. The fourth-order valence-corrected chi connectivity index (χ4v) is 4.26. The highest BCUT2D eigenvalue weighted by Gasteiger charge is 2.51. The first-order valence-corrected chi connectivity index (χ1v) is 10.6. The molecule has 0 aromatic heterocycles. The van der Waals surface area contributed by atoms with Gasteiger partial charge in [-0.25, -0.2) is 35.7 Å². The van der Waals surface area contributed by atoms with Crippen molar-refractivity contribution in [3.63, 3.8) is 0 Å². The minimum Gasteiger partial charge on any atom is -0.306 e. The van der Waals surface area contributed by atoms with Gasteiger partial charge in [-0.05, 0) is 29.7 Å². The molecule has 0 saturated carbocycles. The summed E-state index contributed by atoms with van der Waals surface area (Å²) in [5.41, 5.74) is -0.0171. The third-order valence-corrected chi connectivity index (χ3v) is 6.32. The summed E-state index contributed by atoms with van der Waals surface area (Å²) < 4.78 is 92.4. The van der Waals surface area contributed by atoms with Gasteiger partial charge in [0, 0.05) is 23.4 Å². The van der Waals surface area contributed by atoms with E-state index in [-0.39, 0.29) is 28.9 Å². The lowest BCUT2D eigenvalue weighted by atomic mass is 9.95. The molecule has 0 bridgehead atoms. The first kappa shape index (κ1) is 21.7. The second-order valence-electron chi connectivity index (χ2n) is 6.95. The average molecular weight is 433 g/mol. The molecule has 0 amide bonds. The lowest BCUT2D eigenvalue weighted by Crippen LogP contribution is -2.51. The molecule has 3 N–H and O–H groups in total. The Morgan fingerprint density at radius 2 is 1.86 bits per heavy atom. The molecule has 10 heteroatoms. The smallest absolute Gasteiger partial charge is 0.277 e. The molecule has 1 aliphatic rings. The van der Waals surface area contributed by atoms with E-state index in [9.17, 15) is 21.8 Å². The van der Waals surface area contributed by atoms with Gasteiger partial charge in [-0.3, -0.25) is 0 Å². The van der Waals surface area contributed by atoms with Gasteiger partial charge < -0.3 is 5.32 Å². The van der Waals surface area contributed by atoms with Crippen LogP contribution in [0.4, 0.5) is 22.0 Å². The van der Waals surface area contributed by atoms with E-state index < -0.39 is 51.9 Å². The van der Waals surface area contributed by atoms with Crippen molar-refractivity contribution >= 4 is 9.92 Å². The van der Waals surface area contributed by atoms with Gasteiger partial charge in [0.15, 0.2) is 0 Å². The van der Waals surface area contributed by atoms with Crippen LogP contribution in [-0.2, 0) is 16.3 Å². The standard InChI is InChI=1S/C19H20F5N3OS/c1-2-29(25,28)27-18-16(26-10-19(18,23)24)8-11-4-3-5-15(17(11)22)12-6-13(20)9-14(21)7-12/h3-7,9,16,18,26H,2,8,10H2,1H3,(H2,25,27,28)/t16-,18+,29?/m0/s1. The summed E-state index contributed by atoms with van der Waals surface area (Å²) in [6.45, 7) is 0.740. The lowest BCUT2D eigenvalue weighted by Gasteiger charge is -2.25. The Hall–Kier alpha value is -2.04. The quantitative estimate of drug-likeness (QED) is 0.606. The normalized spacial score (nSPS) is 23.1.